The lowest BCUT2D eigenvalue weighted by Crippen LogP contribution is -2.33. The Labute approximate surface area is 133 Å². The van der Waals surface area contributed by atoms with E-state index in [0.29, 0.717) is 16.2 Å². The molecule has 1 amide bonds. The van der Waals surface area contributed by atoms with E-state index in [9.17, 15) is 9.90 Å². The highest BCUT2D eigenvalue weighted by molar-refractivity contribution is 8.18. The zero-order valence-electron chi connectivity index (χ0n) is 12.4. The van der Waals surface area contributed by atoms with E-state index in [1.807, 2.05) is 0 Å². The number of methoxy groups -OCH3 is 1. The van der Waals surface area contributed by atoms with Gasteiger partial charge in [0.2, 0.25) is 0 Å². The summed E-state index contributed by atoms with van der Waals surface area (Å²) in [5.74, 6) is 0.187. The lowest BCUT2D eigenvalue weighted by Gasteiger charge is -2.27. The molecule has 1 fully saturated rings. The summed E-state index contributed by atoms with van der Waals surface area (Å²) in [7, 11) is 1.50. The number of thioether (sulfide) groups is 1. The molecule has 6 heteroatoms. The number of rotatable bonds is 2. The lowest BCUT2D eigenvalue weighted by atomic mass is 10.1. The van der Waals surface area contributed by atoms with Gasteiger partial charge in [-0.25, -0.2) is 0 Å². The highest BCUT2D eigenvalue weighted by Gasteiger charge is 2.27. The van der Waals surface area contributed by atoms with Crippen molar-refractivity contribution in [2.45, 2.75) is 19.3 Å². The van der Waals surface area contributed by atoms with Crippen molar-refractivity contribution < 1.29 is 14.6 Å². The molecule has 3 rings (SSSR count). The number of benzene rings is 1. The van der Waals surface area contributed by atoms with Gasteiger partial charge in [0.1, 0.15) is 0 Å². The first-order chi connectivity index (χ1) is 10.7. The molecule has 2 aliphatic rings. The molecule has 0 bridgehead atoms. The monoisotopic (exact) mass is 318 g/mol. The fourth-order valence-electron chi connectivity index (χ4n) is 2.58. The van der Waals surface area contributed by atoms with E-state index >= 15 is 0 Å². The van der Waals surface area contributed by atoms with E-state index in [2.05, 4.69) is 9.89 Å². The number of amidine groups is 1. The highest BCUT2D eigenvalue weighted by Crippen LogP contribution is 2.35. The number of hydrogen-bond donors (Lipinski definition) is 1. The molecule has 0 aromatic heterocycles. The van der Waals surface area contributed by atoms with Crippen molar-refractivity contribution in [3.63, 3.8) is 0 Å². The number of phenolic OH excluding ortho intramolecular Hbond substituents is 1. The van der Waals surface area contributed by atoms with Gasteiger partial charge in [0.15, 0.2) is 16.7 Å². The molecule has 1 aromatic rings. The standard InChI is InChI=1S/C16H18N2O3S/c1-21-12-7-5-6-11(14(12)19)10-13-15(20)17-16(22-13)18-8-3-2-4-9-18/h5-7,10,19H,2-4,8-9H2,1H3/b13-10-. The number of likely N-dealkylation sites (tertiary alicyclic amines) is 1. The van der Waals surface area contributed by atoms with Crippen molar-refractivity contribution in [3.8, 4) is 11.5 Å². The van der Waals surface area contributed by atoms with Crippen LogP contribution in [0.5, 0.6) is 11.5 Å². The molecule has 0 saturated carbocycles. The topological polar surface area (TPSA) is 62.1 Å². The molecular formula is C16H18N2O3S. The van der Waals surface area contributed by atoms with Crippen LogP contribution in [0.3, 0.4) is 0 Å². The third-order valence-electron chi connectivity index (χ3n) is 3.77. The maximum atomic E-state index is 12.1. The van der Waals surface area contributed by atoms with E-state index in [-0.39, 0.29) is 11.7 Å². The first-order valence-electron chi connectivity index (χ1n) is 7.32. The van der Waals surface area contributed by atoms with Gasteiger partial charge in [-0.05, 0) is 43.2 Å². The Balaban J connectivity index is 1.81. The molecule has 0 aliphatic carbocycles. The Morgan fingerprint density at radius 3 is 2.82 bits per heavy atom. The quantitative estimate of drug-likeness (QED) is 0.850. The molecular weight excluding hydrogens is 300 g/mol. The van der Waals surface area contributed by atoms with Crippen molar-refractivity contribution >= 4 is 28.9 Å². The molecule has 1 aromatic carbocycles. The van der Waals surface area contributed by atoms with Crippen LogP contribution < -0.4 is 4.74 Å². The fraction of sp³-hybridized carbons (Fsp3) is 0.375. The molecule has 2 aliphatic heterocycles. The first kappa shape index (κ1) is 15.0. The average Bonchev–Trinajstić information content (AvgIpc) is 2.91. The molecule has 5 nitrogen and oxygen atoms in total. The number of phenols is 1. The number of amides is 1. The second kappa shape index (κ2) is 6.44. The number of piperidine rings is 1. The summed E-state index contributed by atoms with van der Waals surface area (Å²) in [6, 6.07) is 5.20. The number of nitrogens with zero attached hydrogens (tertiary/aromatic N) is 2. The maximum absolute atomic E-state index is 12.1. The Morgan fingerprint density at radius 2 is 2.09 bits per heavy atom. The summed E-state index contributed by atoms with van der Waals surface area (Å²) in [6.45, 7) is 1.91. The van der Waals surface area contributed by atoms with Crippen molar-refractivity contribution in [3.05, 3.63) is 28.7 Å². The minimum absolute atomic E-state index is 0.0392. The average molecular weight is 318 g/mol. The fourth-order valence-corrected chi connectivity index (χ4v) is 3.54. The van der Waals surface area contributed by atoms with Crippen LogP contribution in [0.1, 0.15) is 24.8 Å². The minimum Gasteiger partial charge on any atom is -0.504 e. The van der Waals surface area contributed by atoms with Crippen molar-refractivity contribution in [1.29, 1.82) is 0 Å². The van der Waals surface area contributed by atoms with Crippen molar-refractivity contribution in [2.75, 3.05) is 20.2 Å². The van der Waals surface area contributed by atoms with E-state index in [0.717, 1.165) is 31.1 Å². The maximum Gasteiger partial charge on any atom is 0.286 e. The molecule has 2 heterocycles. The van der Waals surface area contributed by atoms with Gasteiger partial charge in [-0.3, -0.25) is 4.79 Å². The van der Waals surface area contributed by atoms with Gasteiger partial charge in [0.05, 0.1) is 12.0 Å². The number of carbonyl (C=O) groups is 1. The Bertz CT molecular complexity index is 649. The van der Waals surface area contributed by atoms with Crippen LogP contribution in [0, 0.1) is 0 Å². The van der Waals surface area contributed by atoms with Gasteiger partial charge < -0.3 is 14.7 Å². The predicted octanol–water partition coefficient (Wildman–Crippen LogP) is 2.86. The van der Waals surface area contributed by atoms with Gasteiger partial charge >= 0.3 is 0 Å². The number of para-hydroxylation sites is 1. The number of ether oxygens (including phenoxy) is 1. The van der Waals surface area contributed by atoms with E-state index in [1.54, 1.807) is 24.3 Å². The van der Waals surface area contributed by atoms with Gasteiger partial charge in [-0.1, -0.05) is 12.1 Å². The summed E-state index contributed by atoms with van der Waals surface area (Å²) in [6.07, 6.45) is 5.20. The molecule has 1 saturated heterocycles. The summed E-state index contributed by atoms with van der Waals surface area (Å²) >= 11 is 1.38. The summed E-state index contributed by atoms with van der Waals surface area (Å²) in [5, 5.41) is 10.9. The molecule has 22 heavy (non-hydrogen) atoms. The number of aromatic hydroxyl groups is 1. The van der Waals surface area contributed by atoms with Crippen LogP contribution in [-0.2, 0) is 4.79 Å². The smallest absolute Gasteiger partial charge is 0.286 e. The number of aliphatic imine (C=N–C) groups is 1. The van der Waals surface area contributed by atoms with Gasteiger partial charge in [-0.15, -0.1) is 0 Å². The third-order valence-corrected chi connectivity index (χ3v) is 4.82. The SMILES string of the molecule is COc1cccc(/C=C2\SC(N3CCCCC3)=NC2=O)c1O. The highest BCUT2D eigenvalue weighted by atomic mass is 32.2. The van der Waals surface area contributed by atoms with E-state index < -0.39 is 0 Å². The van der Waals surface area contributed by atoms with Gasteiger partial charge in [-0.2, -0.15) is 4.99 Å². The Hall–Kier alpha value is -1.95. The third kappa shape index (κ3) is 2.97. The second-order valence-corrected chi connectivity index (χ2v) is 6.27. The van der Waals surface area contributed by atoms with E-state index in [1.165, 1.54) is 25.3 Å². The summed E-state index contributed by atoms with van der Waals surface area (Å²) in [5.41, 5.74) is 0.560. The van der Waals surface area contributed by atoms with Gasteiger partial charge in [0, 0.05) is 18.7 Å². The largest absolute Gasteiger partial charge is 0.504 e. The van der Waals surface area contributed by atoms with E-state index in [4.69, 9.17) is 4.74 Å². The van der Waals surface area contributed by atoms with Crippen molar-refractivity contribution in [1.82, 2.24) is 4.90 Å². The zero-order valence-corrected chi connectivity index (χ0v) is 13.2. The normalized spacial score (nSPS) is 20.4. The van der Waals surface area contributed by atoms with Crippen LogP contribution in [0.15, 0.2) is 28.1 Å². The zero-order chi connectivity index (χ0) is 15.5. The molecule has 116 valence electrons. The van der Waals surface area contributed by atoms with Crippen molar-refractivity contribution in [2.24, 2.45) is 4.99 Å². The van der Waals surface area contributed by atoms with Gasteiger partial charge in [0.25, 0.3) is 5.91 Å². The van der Waals surface area contributed by atoms with Crippen LogP contribution in [0.25, 0.3) is 6.08 Å². The van der Waals surface area contributed by atoms with Crippen LogP contribution >= 0.6 is 11.8 Å². The molecule has 0 unspecified atom stereocenters. The predicted molar refractivity (Wildman–Crippen MR) is 88.1 cm³/mol. The molecule has 0 atom stereocenters. The number of hydrogen-bond acceptors (Lipinski definition) is 5. The Kier molecular flexibility index (Phi) is 4.38. The van der Waals surface area contributed by atoms with Crippen LogP contribution in [0.4, 0.5) is 0 Å². The second-order valence-electron chi connectivity index (χ2n) is 5.26. The molecule has 0 radical (unpaired) electrons. The summed E-state index contributed by atoms with van der Waals surface area (Å²) in [4.78, 5) is 18.9. The lowest BCUT2D eigenvalue weighted by molar-refractivity contribution is -0.113. The van der Waals surface area contributed by atoms with Crippen LogP contribution in [0.2, 0.25) is 0 Å². The molecule has 0 spiro atoms. The minimum atomic E-state index is -0.243. The summed E-state index contributed by atoms with van der Waals surface area (Å²) < 4.78 is 5.09. The number of carbonyl (C=O) groups excluding carboxylic acids is 1. The molecule has 1 N–H and O–H groups in total. The Morgan fingerprint density at radius 1 is 1.32 bits per heavy atom. The van der Waals surface area contributed by atoms with Crippen LogP contribution in [-0.4, -0.2) is 41.3 Å². The first-order valence-corrected chi connectivity index (χ1v) is 8.14.